The van der Waals surface area contributed by atoms with Crippen molar-refractivity contribution in [3.63, 3.8) is 0 Å². The molecular formula is C8H15N3O8P2. The average molecular weight is 343 g/mol. The number of rotatable bonds is 7. The van der Waals surface area contributed by atoms with Gasteiger partial charge < -0.3 is 25.2 Å². The quantitative estimate of drug-likeness (QED) is 0.471. The van der Waals surface area contributed by atoms with Gasteiger partial charge in [-0.1, -0.05) is 0 Å². The van der Waals surface area contributed by atoms with Crippen LogP contribution in [0.1, 0.15) is 6.92 Å². The molecule has 21 heavy (non-hydrogen) atoms. The van der Waals surface area contributed by atoms with E-state index in [1.54, 1.807) is 0 Å². The Bertz CT molecular complexity index is 641. The van der Waals surface area contributed by atoms with Gasteiger partial charge in [0, 0.05) is 6.20 Å². The molecule has 0 aromatic carbocycles. The van der Waals surface area contributed by atoms with Crippen LogP contribution in [0.2, 0.25) is 0 Å². The molecule has 1 rings (SSSR count). The zero-order valence-electron chi connectivity index (χ0n) is 10.9. The van der Waals surface area contributed by atoms with Crippen LogP contribution >= 0.6 is 15.4 Å². The third-order valence-electron chi connectivity index (χ3n) is 2.11. The third-order valence-corrected chi connectivity index (χ3v) is 4.45. The first-order valence-corrected chi connectivity index (χ1v) is 8.81. The molecule has 0 radical (unpaired) electrons. The Morgan fingerprint density at radius 2 is 2.05 bits per heavy atom. The van der Waals surface area contributed by atoms with Crippen molar-refractivity contribution >= 4 is 21.2 Å². The van der Waals surface area contributed by atoms with Gasteiger partial charge in [0.15, 0.2) is 0 Å². The molecule has 5 N–H and O–H groups in total. The van der Waals surface area contributed by atoms with E-state index < -0.39 is 33.6 Å². The molecule has 0 amide bonds. The van der Waals surface area contributed by atoms with Crippen LogP contribution in [0.25, 0.3) is 0 Å². The number of hydrogen-bond acceptors (Lipinski definition) is 7. The Labute approximate surface area is 119 Å². The van der Waals surface area contributed by atoms with Crippen molar-refractivity contribution in [2.24, 2.45) is 0 Å². The maximum Gasteiger partial charge on any atom is 0.476 e. The zero-order chi connectivity index (χ0) is 16.3. The molecule has 0 saturated heterocycles. The molecule has 1 heterocycles. The van der Waals surface area contributed by atoms with E-state index in [-0.39, 0.29) is 12.4 Å². The highest BCUT2D eigenvalue weighted by Crippen LogP contribution is 2.56. The smallest absolute Gasteiger partial charge is 0.383 e. The lowest BCUT2D eigenvalue weighted by molar-refractivity contribution is 0.0741. The Kier molecular flexibility index (Phi) is 5.83. The van der Waals surface area contributed by atoms with Gasteiger partial charge in [-0.2, -0.15) is 4.98 Å². The summed E-state index contributed by atoms with van der Waals surface area (Å²) in [6, 6.07) is 1.39. The van der Waals surface area contributed by atoms with E-state index in [2.05, 4.69) is 9.29 Å². The molecule has 0 bridgehead atoms. The van der Waals surface area contributed by atoms with Gasteiger partial charge in [0.1, 0.15) is 12.2 Å². The monoisotopic (exact) mass is 343 g/mol. The molecule has 0 spiro atoms. The molecule has 0 saturated carbocycles. The van der Waals surface area contributed by atoms with Crippen molar-refractivity contribution in [3.8, 4) is 0 Å². The number of nitrogens with two attached hydrogens (primary N) is 1. The van der Waals surface area contributed by atoms with Crippen LogP contribution in [0, 0.1) is 0 Å². The first kappa shape index (κ1) is 18.0. The maximum absolute atomic E-state index is 11.4. The van der Waals surface area contributed by atoms with Crippen molar-refractivity contribution in [1.29, 1.82) is 0 Å². The van der Waals surface area contributed by atoms with Crippen LogP contribution in [-0.4, -0.2) is 36.7 Å². The van der Waals surface area contributed by atoms with Gasteiger partial charge in [0.25, 0.3) is 0 Å². The normalized spacial score (nSPS) is 16.4. The van der Waals surface area contributed by atoms with Crippen LogP contribution in [0.15, 0.2) is 17.1 Å². The predicted molar refractivity (Wildman–Crippen MR) is 71.3 cm³/mol. The van der Waals surface area contributed by atoms with E-state index >= 15 is 0 Å². The van der Waals surface area contributed by atoms with Crippen molar-refractivity contribution < 1.29 is 32.9 Å². The number of phosphoric acid groups is 1. The van der Waals surface area contributed by atoms with Gasteiger partial charge in [-0.3, -0.25) is 9.13 Å². The van der Waals surface area contributed by atoms with E-state index in [1.807, 2.05) is 0 Å². The second kappa shape index (κ2) is 6.80. The van der Waals surface area contributed by atoms with E-state index in [1.165, 1.54) is 19.2 Å². The Morgan fingerprint density at radius 3 is 2.57 bits per heavy atom. The molecule has 0 aliphatic carbocycles. The highest BCUT2D eigenvalue weighted by molar-refractivity contribution is 7.63. The lowest BCUT2D eigenvalue weighted by atomic mass is 10.4. The fourth-order valence-electron chi connectivity index (χ4n) is 1.32. The van der Waals surface area contributed by atoms with Crippen molar-refractivity contribution in [1.82, 2.24) is 9.55 Å². The summed E-state index contributed by atoms with van der Waals surface area (Å²) in [6.45, 7) is 1.49. The topological polar surface area (TPSA) is 174 Å². The second-order valence-electron chi connectivity index (χ2n) is 4.10. The van der Waals surface area contributed by atoms with Crippen LogP contribution in [0.4, 0.5) is 5.82 Å². The number of anilines is 1. The lowest BCUT2D eigenvalue weighted by Gasteiger charge is -2.17. The summed E-state index contributed by atoms with van der Waals surface area (Å²) in [4.78, 5) is 41.0. The summed E-state index contributed by atoms with van der Waals surface area (Å²) in [5, 5.41) is 0. The minimum Gasteiger partial charge on any atom is -0.383 e. The van der Waals surface area contributed by atoms with Gasteiger partial charge in [0.05, 0.1) is 12.6 Å². The lowest BCUT2D eigenvalue weighted by Crippen LogP contribution is -2.28. The molecule has 0 aliphatic heterocycles. The standard InChI is InChI=1S/C8H15N3O8P2/c1-6(4-11-3-2-7(9)10-8(11)12)18-5-20(13,14)19-21(15,16)17/h2-3,6H,4-5H2,1H3,(H,13,14)(H2,9,10,12)(H2,15,16,17)/t6-/m1/s1. The molecule has 11 nitrogen and oxygen atoms in total. The van der Waals surface area contributed by atoms with Gasteiger partial charge in [0.2, 0.25) is 0 Å². The van der Waals surface area contributed by atoms with Crippen LogP contribution in [-0.2, 0) is 24.7 Å². The largest absolute Gasteiger partial charge is 0.476 e. The summed E-state index contributed by atoms with van der Waals surface area (Å²) in [5.41, 5.74) is 4.70. The van der Waals surface area contributed by atoms with Gasteiger partial charge >= 0.3 is 21.1 Å². The zero-order valence-corrected chi connectivity index (χ0v) is 12.7. The molecule has 2 atom stereocenters. The molecule has 1 aromatic heterocycles. The van der Waals surface area contributed by atoms with E-state index in [4.69, 9.17) is 20.3 Å². The minimum atomic E-state index is -5.10. The van der Waals surface area contributed by atoms with Gasteiger partial charge in [-0.05, 0) is 13.0 Å². The van der Waals surface area contributed by atoms with E-state index in [9.17, 15) is 18.8 Å². The number of aromatic nitrogens is 2. The number of nitrogens with zero attached hydrogens (tertiary/aromatic N) is 2. The summed E-state index contributed by atoms with van der Waals surface area (Å²) < 4.78 is 31.6. The first-order valence-electron chi connectivity index (χ1n) is 5.52. The minimum absolute atomic E-state index is 0.00201. The predicted octanol–water partition coefficient (Wildman–Crippen LogP) is -0.517. The maximum atomic E-state index is 11.4. The third kappa shape index (κ3) is 6.96. The van der Waals surface area contributed by atoms with Crippen LogP contribution in [0.5, 0.6) is 0 Å². The van der Waals surface area contributed by atoms with Gasteiger partial charge in [-0.15, -0.1) is 0 Å². The Balaban J connectivity index is 2.58. The summed E-state index contributed by atoms with van der Waals surface area (Å²) in [6.07, 6.45) is -0.278. The molecule has 1 unspecified atom stereocenters. The Hall–Kier alpha value is -1.06. The summed E-state index contributed by atoms with van der Waals surface area (Å²) in [5.74, 6) is 0.0553. The number of ether oxygens (including phenoxy) is 1. The summed E-state index contributed by atoms with van der Waals surface area (Å²) >= 11 is 0. The SMILES string of the molecule is C[C@H](Cn1ccc(N)nc1=O)OCP(=O)(O)OP(=O)(O)O. The molecule has 0 fully saturated rings. The fourth-order valence-corrected chi connectivity index (χ4v) is 3.28. The fraction of sp³-hybridized carbons (Fsp3) is 0.500. The first-order chi connectivity index (χ1) is 9.48. The average Bonchev–Trinajstić information content (AvgIpc) is 2.27. The molecule has 1 aromatic rings. The van der Waals surface area contributed by atoms with Crippen molar-refractivity contribution in [2.75, 3.05) is 12.1 Å². The molecule has 120 valence electrons. The van der Waals surface area contributed by atoms with E-state index in [0.717, 1.165) is 4.57 Å². The highest BCUT2D eigenvalue weighted by Gasteiger charge is 2.31. The van der Waals surface area contributed by atoms with E-state index in [0.29, 0.717) is 0 Å². The number of nitrogen functional groups attached to an aromatic ring is 1. The molecular weight excluding hydrogens is 328 g/mol. The molecule has 13 heteroatoms. The Morgan fingerprint density at radius 1 is 1.43 bits per heavy atom. The second-order valence-corrected chi connectivity index (χ2v) is 7.27. The number of hydrogen-bond donors (Lipinski definition) is 4. The van der Waals surface area contributed by atoms with Crippen molar-refractivity contribution in [3.05, 3.63) is 22.7 Å². The van der Waals surface area contributed by atoms with Crippen LogP contribution < -0.4 is 11.4 Å². The van der Waals surface area contributed by atoms with Crippen molar-refractivity contribution in [2.45, 2.75) is 19.6 Å². The molecule has 0 aliphatic rings. The van der Waals surface area contributed by atoms with Gasteiger partial charge in [-0.25, -0.2) is 13.7 Å². The summed E-state index contributed by atoms with van der Waals surface area (Å²) in [7, 11) is -9.70. The van der Waals surface area contributed by atoms with Crippen LogP contribution in [0.3, 0.4) is 0 Å². The highest BCUT2D eigenvalue weighted by atomic mass is 31.3.